The second-order valence-electron chi connectivity index (χ2n) is 4.47. The van der Waals surface area contributed by atoms with Crippen molar-refractivity contribution < 1.29 is 0 Å². The SMILES string of the molecule is CC(Nc1cn[nH]c(=O)c1Cl)C1CCCNC1. The molecule has 0 spiro atoms. The van der Waals surface area contributed by atoms with Crippen LogP contribution in [0.3, 0.4) is 0 Å². The van der Waals surface area contributed by atoms with Gasteiger partial charge >= 0.3 is 0 Å². The van der Waals surface area contributed by atoms with Crippen molar-refractivity contribution in [3.63, 3.8) is 0 Å². The lowest BCUT2D eigenvalue weighted by Gasteiger charge is -2.29. The molecule has 1 fully saturated rings. The molecule has 0 bridgehead atoms. The van der Waals surface area contributed by atoms with Gasteiger partial charge in [0.05, 0.1) is 11.9 Å². The number of H-pyrrole nitrogens is 1. The van der Waals surface area contributed by atoms with Gasteiger partial charge in [-0.05, 0) is 38.8 Å². The number of halogens is 1. The smallest absolute Gasteiger partial charge is 0.285 e. The average Bonchev–Trinajstić information content (AvgIpc) is 2.36. The van der Waals surface area contributed by atoms with Crippen LogP contribution in [0.15, 0.2) is 11.0 Å². The molecule has 3 N–H and O–H groups in total. The molecule has 1 saturated heterocycles. The maximum Gasteiger partial charge on any atom is 0.285 e. The third-order valence-corrected chi connectivity index (χ3v) is 3.60. The number of piperidine rings is 1. The highest BCUT2D eigenvalue weighted by Crippen LogP contribution is 2.21. The van der Waals surface area contributed by atoms with Crippen LogP contribution in [0, 0.1) is 5.92 Å². The van der Waals surface area contributed by atoms with E-state index >= 15 is 0 Å². The molecule has 1 aromatic rings. The fraction of sp³-hybridized carbons (Fsp3) is 0.636. The van der Waals surface area contributed by atoms with Crippen molar-refractivity contribution in [2.75, 3.05) is 18.4 Å². The predicted octanol–water partition coefficient (Wildman–Crippen LogP) is 1.22. The van der Waals surface area contributed by atoms with Crippen molar-refractivity contribution in [3.05, 3.63) is 21.6 Å². The van der Waals surface area contributed by atoms with E-state index in [1.165, 1.54) is 12.8 Å². The summed E-state index contributed by atoms with van der Waals surface area (Å²) in [5, 5.41) is 12.9. The molecule has 1 aliphatic rings. The van der Waals surface area contributed by atoms with E-state index in [9.17, 15) is 4.79 Å². The number of nitrogens with one attached hydrogen (secondary N) is 3. The largest absolute Gasteiger partial charge is 0.380 e. The molecule has 0 saturated carbocycles. The van der Waals surface area contributed by atoms with E-state index in [0.717, 1.165) is 13.1 Å². The van der Waals surface area contributed by atoms with Gasteiger partial charge in [-0.2, -0.15) is 5.10 Å². The van der Waals surface area contributed by atoms with E-state index < -0.39 is 0 Å². The molecule has 0 radical (unpaired) electrons. The van der Waals surface area contributed by atoms with E-state index in [4.69, 9.17) is 11.6 Å². The summed E-state index contributed by atoms with van der Waals surface area (Å²) in [5.41, 5.74) is 0.249. The Bertz CT molecular complexity index is 428. The molecule has 2 atom stereocenters. The normalized spacial score (nSPS) is 22.1. The summed E-state index contributed by atoms with van der Waals surface area (Å²) in [6.07, 6.45) is 3.93. The highest BCUT2D eigenvalue weighted by atomic mass is 35.5. The minimum atomic E-state index is -0.356. The summed E-state index contributed by atoms with van der Waals surface area (Å²) in [6.45, 7) is 4.20. The molecule has 17 heavy (non-hydrogen) atoms. The highest BCUT2D eigenvalue weighted by Gasteiger charge is 2.20. The van der Waals surface area contributed by atoms with Gasteiger partial charge in [0.25, 0.3) is 5.56 Å². The Morgan fingerprint density at radius 1 is 1.65 bits per heavy atom. The molecular weight excluding hydrogens is 240 g/mol. The molecule has 6 heteroatoms. The van der Waals surface area contributed by atoms with E-state index in [1.807, 2.05) is 0 Å². The van der Waals surface area contributed by atoms with Crippen LogP contribution in [0.5, 0.6) is 0 Å². The van der Waals surface area contributed by atoms with Crippen molar-refractivity contribution in [2.45, 2.75) is 25.8 Å². The minimum Gasteiger partial charge on any atom is -0.380 e. The van der Waals surface area contributed by atoms with Crippen LogP contribution in [-0.4, -0.2) is 29.3 Å². The lowest BCUT2D eigenvalue weighted by Crippen LogP contribution is -2.39. The number of nitrogens with zero attached hydrogens (tertiary/aromatic N) is 1. The minimum absolute atomic E-state index is 0.176. The van der Waals surface area contributed by atoms with Crippen LogP contribution in [-0.2, 0) is 0 Å². The van der Waals surface area contributed by atoms with Crippen molar-refractivity contribution in [2.24, 2.45) is 5.92 Å². The summed E-state index contributed by atoms with van der Waals surface area (Å²) in [4.78, 5) is 11.3. The topological polar surface area (TPSA) is 69.8 Å². The Kier molecular flexibility index (Phi) is 4.02. The van der Waals surface area contributed by atoms with Crippen LogP contribution in [0.4, 0.5) is 5.69 Å². The van der Waals surface area contributed by atoms with Gasteiger partial charge in [-0.15, -0.1) is 0 Å². The lowest BCUT2D eigenvalue weighted by molar-refractivity contribution is 0.347. The van der Waals surface area contributed by atoms with Crippen molar-refractivity contribution in [1.29, 1.82) is 0 Å². The molecule has 1 aliphatic heterocycles. The Labute approximate surface area is 105 Å². The van der Waals surface area contributed by atoms with Gasteiger partial charge in [-0.1, -0.05) is 11.6 Å². The molecule has 0 amide bonds. The number of aromatic nitrogens is 2. The summed E-state index contributed by atoms with van der Waals surface area (Å²) in [5.74, 6) is 0.555. The van der Waals surface area contributed by atoms with E-state index in [0.29, 0.717) is 11.6 Å². The van der Waals surface area contributed by atoms with Crippen molar-refractivity contribution in [3.8, 4) is 0 Å². The first-order valence-electron chi connectivity index (χ1n) is 5.89. The first-order chi connectivity index (χ1) is 8.18. The zero-order valence-corrected chi connectivity index (χ0v) is 10.5. The van der Waals surface area contributed by atoms with Gasteiger partial charge in [0.1, 0.15) is 5.02 Å². The number of rotatable bonds is 3. The lowest BCUT2D eigenvalue weighted by atomic mass is 9.93. The Morgan fingerprint density at radius 2 is 2.47 bits per heavy atom. The Hall–Kier alpha value is -1.07. The third kappa shape index (κ3) is 2.98. The van der Waals surface area contributed by atoms with Crippen LogP contribution in [0.25, 0.3) is 0 Å². The Balaban J connectivity index is 2.04. The monoisotopic (exact) mass is 256 g/mol. The van der Waals surface area contributed by atoms with Crippen molar-refractivity contribution >= 4 is 17.3 Å². The summed E-state index contributed by atoms with van der Waals surface area (Å²) < 4.78 is 0. The van der Waals surface area contributed by atoms with E-state index in [-0.39, 0.29) is 16.6 Å². The predicted molar refractivity (Wildman–Crippen MR) is 68.5 cm³/mol. The number of aromatic amines is 1. The fourth-order valence-corrected chi connectivity index (χ4v) is 2.30. The number of hydrogen-bond donors (Lipinski definition) is 3. The Morgan fingerprint density at radius 3 is 3.18 bits per heavy atom. The number of anilines is 1. The number of hydrogen-bond acceptors (Lipinski definition) is 4. The summed E-state index contributed by atoms with van der Waals surface area (Å²) in [6, 6.07) is 0.267. The second-order valence-corrected chi connectivity index (χ2v) is 4.84. The molecule has 2 heterocycles. The van der Waals surface area contributed by atoms with Crippen LogP contribution >= 0.6 is 11.6 Å². The first kappa shape index (κ1) is 12.4. The first-order valence-corrected chi connectivity index (χ1v) is 6.26. The molecule has 0 aliphatic carbocycles. The summed E-state index contributed by atoms with van der Waals surface area (Å²) >= 11 is 5.91. The molecule has 0 aromatic carbocycles. The maximum atomic E-state index is 11.3. The standard InChI is InChI=1S/C11H17ClN4O/c1-7(8-3-2-4-13-5-8)15-9-6-14-16-11(17)10(9)12/h6-8,13H,2-5H2,1H3,(H2,15,16,17). The van der Waals surface area contributed by atoms with Gasteiger partial charge in [0.15, 0.2) is 0 Å². The quantitative estimate of drug-likeness (QED) is 0.761. The molecule has 2 unspecified atom stereocenters. The van der Waals surface area contributed by atoms with Crippen LogP contribution in [0.1, 0.15) is 19.8 Å². The van der Waals surface area contributed by atoms with Gasteiger partial charge in [-0.3, -0.25) is 4.79 Å². The van der Waals surface area contributed by atoms with Crippen molar-refractivity contribution in [1.82, 2.24) is 15.5 Å². The zero-order valence-electron chi connectivity index (χ0n) is 9.79. The maximum absolute atomic E-state index is 11.3. The van der Waals surface area contributed by atoms with Gasteiger partial charge < -0.3 is 10.6 Å². The van der Waals surface area contributed by atoms with E-state index in [1.54, 1.807) is 6.20 Å². The molecular formula is C11H17ClN4O. The fourth-order valence-electron chi connectivity index (χ4n) is 2.15. The van der Waals surface area contributed by atoms with E-state index in [2.05, 4.69) is 27.8 Å². The van der Waals surface area contributed by atoms with Crippen LogP contribution < -0.4 is 16.2 Å². The van der Waals surface area contributed by atoms with Gasteiger partial charge in [0.2, 0.25) is 0 Å². The average molecular weight is 257 g/mol. The second kappa shape index (κ2) is 5.51. The van der Waals surface area contributed by atoms with Gasteiger partial charge in [-0.25, -0.2) is 5.10 Å². The molecule has 2 rings (SSSR count). The third-order valence-electron chi connectivity index (χ3n) is 3.22. The molecule has 1 aromatic heterocycles. The zero-order chi connectivity index (χ0) is 12.3. The summed E-state index contributed by atoms with van der Waals surface area (Å²) in [7, 11) is 0. The van der Waals surface area contributed by atoms with Crippen LogP contribution in [0.2, 0.25) is 5.02 Å². The molecule has 5 nitrogen and oxygen atoms in total. The van der Waals surface area contributed by atoms with Gasteiger partial charge in [0, 0.05) is 6.04 Å². The highest BCUT2D eigenvalue weighted by molar-refractivity contribution is 6.32. The molecule has 94 valence electrons.